The van der Waals surface area contributed by atoms with E-state index in [1.54, 1.807) is 48.5 Å². The van der Waals surface area contributed by atoms with Gasteiger partial charge in [0.05, 0.1) is 5.39 Å². The monoisotopic (exact) mass is 299 g/mol. The molecule has 0 spiro atoms. The number of aromatic nitrogens is 2. The fourth-order valence-corrected chi connectivity index (χ4v) is 2.14. The molecular formula is C15H10ClN3O2. The third-order valence-electron chi connectivity index (χ3n) is 3.01. The van der Waals surface area contributed by atoms with Gasteiger partial charge in [-0.25, -0.2) is 5.10 Å². The van der Waals surface area contributed by atoms with Crippen molar-refractivity contribution < 1.29 is 4.79 Å². The number of benzene rings is 2. The molecule has 3 aromatic rings. The highest BCUT2D eigenvalue weighted by molar-refractivity contribution is 6.30. The molecule has 0 radical (unpaired) electrons. The zero-order valence-electron chi connectivity index (χ0n) is 10.8. The van der Waals surface area contributed by atoms with Crippen molar-refractivity contribution in [2.24, 2.45) is 0 Å². The minimum Gasteiger partial charge on any atom is -0.321 e. The van der Waals surface area contributed by atoms with Crippen LogP contribution in [0.4, 0.5) is 5.69 Å². The molecule has 0 saturated carbocycles. The Morgan fingerprint density at radius 1 is 1.05 bits per heavy atom. The van der Waals surface area contributed by atoms with Crippen LogP contribution in [0, 0.1) is 0 Å². The minimum absolute atomic E-state index is 0.167. The Labute approximate surface area is 124 Å². The number of hydrogen-bond acceptors (Lipinski definition) is 3. The van der Waals surface area contributed by atoms with Crippen LogP contribution in [-0.2, 0) is 0 Å². The second-order valence-corrected chi connectivity index (χ2v) is 4.84. The summed E-state index contributed by atoms with van der Waals surface area (Å²) in [7, 11) is 0. The maximum absolute atomic E-state index is 12.3. The molecule has 0 aliphatic heterocycles. The van der Waals surface area contributed by atoms with Gasteiger partial charge >= 0.3 is 0 Å². The van der Waals surface area contributed by atoms with Gasteiger partial charge in [0, 0.05) is 16.1 Å². The van der Waals surface area contributed by atoms with Crippen LogP contribution in [0.5, 0.6) is 0 Å². The number of nitrogens with one attached hydrogen (secondary N) is 2. The Balaban J connectivity index is 2.00. The summed E-state index contributed by atoms with van der Waals surface area (Å²) in [6, 6.07) is 13.6. The number of nitrogens with zero attached hydrogens (tertiary/aromatic N) is 1. The van der Waals surface area contributed by atoms with Gasteiger partial charge in [-0.2, -0.15) is 5.10 Å². The SMILES string of the molecule is O=C(Nc1ccc(Cl)cc1)c1n[nH]c(=O)c2ccccc12. The van der Waals surface area contributed by atoms with Gasteiger partial charge in [0.15, 0.2) is 5.69 Å². The molecule has 3 rings (SSSR count). The molecule has 0 unspecified atom stereocenters. The van der Waals surface area contributed by atoms with Crippen LogP contribution in [0.15, 0.2) is 53.3 Å². The lowest BCUT2D eigenvalue weighted by Gasteiger charge is -2.06. The summed E-state index contributed by atoms with van der Waals surface area (Å²) in [5.74, 6) is -0.398. The lowest BCUT2D eigenvalue weighted by atomic mass is 10.1. The van der Waals surface area contributed by atoms with E-state index in [1.165, 1.54) is 0 Å². The standard InChI is InChI=1S/C15H10ClN3O2/c16-9-5-7-10(8-6-9)17-15(21)13-11-3-1-2-4-12(11)14(20)19-18-13/h1-8H,(H,17,21)(H,19,20). The van der Waals surface area contributed by atoms with Crippen LogP contribution in [0.3, 0.4) is 0 Å². The van der Waals surface area contributed by atoms with Gasteiger partial charge in [0.25, 0.3) is 11.5 Å². The predicted octanol–water partition coefficient (Wildman–Crippen LogP) is 2.83. The Bertz CT molecular complexity index is 872. The third kappa shape index (κ3) is 2.64. The van der Waals surface area contributed by atoms with Gasteiger partial charge in [0.2, 0.25) is 0 Å². The van der Waals surface area contributed by atoms with E-state index >= 15 is 0 Å². The van der Waals surface area contributed by atoms with Crippen molar-refractivity contribution in [2.45, 2.75) is 0 Å². The molecule has 0 saturated heterocycles. The molecule has 1 heterocycles. The van der Waals surface area contributed by atoms with E-state index in [4.69, 9.17) is 11.6 Å². The number of amides is 1. The molecule has 0 aliphatic carbocycles. The van der Waals surface area contributed by atoms with Crippen LogP contribution in [0.1, 0.15) is 10.5 Å². The van der Waals surface area contributed by atoms with Crippen molar-refractivity contribution in [2.75, 3.05) is 5.32 Å². The maximum Gasteiger partial charge on any atom is 0.276 e. The summed E-state index contributed by atoms with van der Waals surface area (Å²) < 4.78 is 0. The van der Waals surface area contributed by atoms with E-state index in [0.717, 1.165) is 0 Å². The molecule has 2 aromatic carbocycles. The average molecular weight is 300 g/mol. The Morgan fingerprint density at radius 2 is 1.71 bits per heavy atom. The van der Waals surface area contributed by atoms with E-state index in [0.29, 0.717) is 21.5 Å². The van der Waals surface area contributed by atoms with E-state index in [-0.39, 0.29) is 11.3 Å². The van der Waals surface area contributed by atoms with Gasteiger partial charge < -0.3 is 5.32 Å². The van der Waals surface area contributed by atoms with Crippen LogP contribution in [0.2, 0.25) is 5.02 Å². The molecule has 104 valence electrons. The summed E-state index contributed by atoms with van der Waals surface area (Å²) in [6.45, 7) is 0. The average Bonchev–Trinajstić information content (AvgIpc) is 2.50. The highest BCUT2D eigenvalue weighted by Gasteiger charge is 2.13. The fraction of sp³-hybridized carbons (Fsp3) is 0. The molecule has 0 aliphatic rings. The molecule has 6 heteroatoms. The quantitative estimate of drug-likeness (QED) is 0.764. The van der Waals surface area contributed by atoms with Crippen LogP contribution in [-0.4, -0.2) is 16.1 Å². The van der Waals surface area contributed by atoms with Crippen molar-refractivity contribution >= 4 is 34.0 Å². The molecule has 0 atom stereocenters. The van der Waals surface area contributed by atoms with E-state index < -0.39 is 5.91 Å². The maximum atomic E-state index is 12.3. The number of rotatable bonds is 2. The topological polar surface area (TPSA) is 74.8 Å². The third-order valence-corrected chi connectivity index (χ3v) is 3.27. The molecule has 1 aromatic heterocycles. The van der Waals surface area contributed by atoms with Crippen molar-refractivity contribution in [3.63, 3.8) is 0 Å². The highest BCUT2D eigenvalue weighted by atomic mass is 35.5. The lowest BCUT2D eigenvalue weighted by molar-refractivity contribution is 0.102. The van der Waals surface area contributed by atoms with Crippen molar-refractivity contribution in [3.8, 4) is 0 Å². The van der Waals surface area contributed by atoms with Gasteiger partial charge in [0.1, 0.15) is 0 Å². The summed E-state index contributed by atoms with van der Waals surface area (Å²) >= 11 is 5.80. The van der Waals surface area contributed by atoms with Gasteiger partial charge in [-0.05, 0) is 30.3 Å². The number of carbonyl (C=O) groups excluding carboxylic acids is 1. The minimum atomic E-state index is -0.398. The Morgan fingerprint density at radius 3 is 2.43 bits per heavy atom. The largest absolute Gasteiger partial charge is 0.321 e. The summed E-state index contributed by atoms with van der Waals surface area (Å²) in [5.41, 5.74) is 0.440. The number of halogens is 1. The Hall–Kier alpha value is -2.66. The van der Waals surface area contributed by atoms with E-state index in [2.05, 4.69) is 15.5 Å². The lowest BCUT2D eigenvalue weighted by Crippen LogP contribution is -2.19. The first-order chi connectivity index (χ1) is 10.1. The smallest absolute Gasteiger partial charge is 0.276 e. The van der Waals surface area contributed by atoms with Gasteiger partial charge in [-0.15, -0.1) is 0 Å². The first-order valence-corrected chi connectivity index (χ1v) is 6.57. The van der Waals surface area contributed by atoms with Gasteiger partial charge in [-0.1, -0.05) is 29.8 Å². The fourth-order valence-electron chi connectivity index (χ4n) is 2.01. The van der Waals surface area contributed by atoms with Crippen molar-refractivity contribution in [1.82, 2.24) is 10.2 Å². The van der Waals surface area contributed by atoms with E-state index in [1.807, 2.05) is 0 Å². The number of aromatic amines is 1. The normalized spacial score (nSPS) is 10.5. The molecule has 5 nitrogen and oxygen atoms in total. The second-order valence-electron chi connectivity index (χ2n) is 4.41. The van der Waals surface area contributed by atoms with Gasteiger partial charge in [-0.3, -0.25) is 9.59 Å². The molecule has 0 bridgehead atoms. The first kappa shape index (κ1) is 13.3. The van der Waals surface area contributed by atoms with Crippen LogP contribution >= 0.6 is 11.6 Å². The van der Waals surface area contributed by atoms with E-state index in [9.17, 15) is 9.59 Å². The van der Waals surface area contributed by atoms with Crippen LogP contribution < -0.4 is 10.9 Å². The molecule has 0 fully saturated rings. The highest BCUT2D eigenvalue weighted by Crippen LogP contribution is 2.16. The first-order valence-electron chi connectivity index (χ1n) is 6.19. The predicted molar refractivity (Wildman–Crippen MR) is 81.8 cm³/mol. The zero-order valence-corrected chi connectivity index (χ0v) is 11.5. The number of fused-ring (bicyclic) bond motifs is 1. The number of hydrogen-bond donors (Lipinski definition) is 2. The Kier molecular flexibility index (Phi) is 3.41. The van der Waals surface area contributed by atoms with Crippen molar-refractivity contribution in [1.29, 1.82) is 0 Å². The second kappa shape index (κ2) is 5.38. The molecule has 1 amide bonds. The molecular weight excluding hydrogens is 290 g/mol. The number of carbonyl (C=O) groups is 1. The van der Waals surface area contributed by atoms with Crippen molar-refractivity contribution in [3.05, 3.63) is 69.6 Å². The zero-order chi connectivity index (χ0) is 14.8. The summed E-state index contributed by atoms with van der Waals surface area (Å²) in [5, 5.41) is 10.4. The number of anilines is 1. The molecule has 21 heavy (non-hydrogen) atoms. The summed E-state index contributed by atoms with van der Waals surface area (Å²) in [4.78, 5) is 24.0. The number of H-pyrrole nitrogens is 1. The summed E-state index contributed by atoms with van der Waals surface area (Å²) in [6.07, 6.45) is 0. The van der Waals surface area contributed by atoms with Crippen LogP contribution in [0.25, 0.3) is 10.8 Å². The molecule has 2 N–H and O–H groups in total.